The summed E-state index contributed by atoms with van der Waals surface area (Å²) in [6.45, 7) is 1.38. The lowest BCUT2D eigenvalue weighted by atomic mass is 10.0. The second-order valence-electron chi connectivity index (χ2n) is 4.86. The molecule has 4 nitrogen and oxygen atoms in total. The van der Waals surface area contributed by atoms with Crippen molar-refractivity contribution in [3.63, 3.8) is 0 Å². The smallest absolute Gasteiger partial charge is 0.119 e. The molecule has 108 valence electrons. The van der Waals surface area contributed by atoms with Crippen molar-refractivity contribution in [2.75, 3.05) is 6.61 Å². The van der Waals surface area contributed by atoms with Crippen LogP contribution in [0.5, 0.6) is 5.75 Å². The Kier molecular flexibility index (Phi) is 4.17. The summed E-state index contributed by atoms with van der Waals surface area (Å²) in [4.78, 5) is 3.99. The highest BCUT2D eigenvalue weighted by Crippen LogP contribution is 2.22. The van der Waals surface area contributed by atoms with E-state index in [2.05, 4.69) is 11.1 Å². The number of rotatable bonds is 5. The zero-order chi connectivity index (χ0) is 15.2. The highest BCUT2D eigenvalue weighted by molar-refractivity contribution is 5.64. The molecule has 0 aliphatic heterocycles. The molecule has 0 saturated heterocycles. The van der Waals surface area contributed by atoms with Gasteiger partial charge in [0, 0.05) is 12.4 Å². The van der Waals surface area contributed by atoms with Crippen molar-refractivity contribution in [2.24, 2.45) is 0 Å². The topological polar surface area (TPSA) is 50.8 Å². The standard InChI is InChI=1S/C18H15N3O/c19-13-15-1-3-16(4-2-15)17-5-7-18(8-6-17)22-12-11-21-10-9-20-14-21/h1-10,14H,11-12H2. The molecule has 0 spiro atoms. The largest absolute Gasteiger partial charge is 0.492 e. The Morgan fingerprint density at radius 3 is 2.27 bits per heavy atom. The van der Waals surface area contributed by atoms with Crippen molar-refractivity contribution >= 4 is 0 Å². The molecule has 0 aliphatic rings. The predicted octanol–water partition coefficient (Wildman–Crippen LogP) is 3.50. The number of benzene rings is 2. The molecule has 0 radical (unpaired) electrons. The number of ether oxygens (including phenoxy) is 1. The summed E-state index contributed by atoms with van der Waals surface area (Å²) in [5.41, 5.74) is 2.86. The van der Waals surface area contributed by atoms with Crippen LogP contribution in [0.15, 0.2) is 67.3 Å². The Labute approximate surface area is 129 Å². The minimum atomic E-state index is 0.604. The van der Waals surface area contributed by atoms with Gasteiger partial charge in [-0.05, 0) is 35.4 Å². The molecular formula is C18H15N3O. The van der Waals surface area contributed by atoms with Gasteiger partial charge in [-0.2, -0.15) is 5.26 Å². The van der Waals surface area contributed by atoms with Crippen molar-refractivity contribution in [1.82, 2.24) is 9.55 Å². The summed E-state index contributed by atoms with van der Waals surface area (Å²) < 4.78 is 7.69. The minimum absolute atomic E-state index is 0.604. The van der Waals surface area contributed by atoms with Gasteiger partial charge >= 0.3 is 0 Å². The lowest BCUT2D eigenvalue weighted by molar-refractivity contribution is 0.298. The number of hydrogen-bond acceptors (Lipinski definition) is 3. The van der Waals surface area contributed by atoms with Gasteiger partial charge in [-0.3, -0.25) is 0 Å². The third-order valence-electron chi connectivity index (χ3n) is 3.38. The average Bonchev–Trinajstić information content (AvgIpc) is 3.09. The SMILES string of the molecule is N#Cc1ccc(-c2ccc(OCCn3ccnc3)cc2)cc1. The van der Waals surface area contributed by atoms with Crippen molar-refractivity contribution in [3.8, 4) is 22.9 Å². The van der Waals surface area contributed by atoms with Gasteiger partial charge in [0.05, 0.1) is 24.5 Å². The lowest BCUT2D eigenvalue weighted by Crippen LogP contribution is -2.06. The van der Waals surface area contributed by atoms with Crippen LogP contribution in [0, 0.1) is 11.3 Å². The molecule has 3 aromatic rings. The van der Waals surface area contributed by atoms with Crippen LogP contribution in [0.1, 0.15) is 5.56 Å². The second kappa shape index (κ2) is 6.59. The number of aromatic nitrogens is 2. The van der Waals surface area contributed by atoms with Crippen LogP contribution in [0.2, 0.25) is 0 Å². The third-order valence-corrected chi connectivity index (χ3v) is 3.38. The van der Waals surface area contributed by atoms with Gasteiger partial charge < -0.3 is 9.30 Å². The van der Waals surface area contributed by atoms with Crippen LogP contribution >= 0.6 is 0 Å². The van der Waals surface area contributed by atoms with Gasteiger partial charge in [-0.15, -0.1) is 0 Å². The van der Waals surface area contributed by atoms with Crippen molar-refractivity contribution in [2.45, 2.75) is 6.54 Å². The van der Waals surface area contributed by atoms with Crippen LogP contribution in [-0.2, 0) is 6.54 Å². The predicted molar refractivity (Wildman–Crippen MR) is 84.3 cm³/mol. The monoisotopic (exact) mass is 289 g/mol. The molecule has 4 heteroatoms. The first-order valence-electron chi connectivity index (χ1n) is 7.04. The molecule has 0 amide bonds. The number of nitrogens with zero attached hydrogens (tertiary/aromatic N) is 3. The molecule has 1 heterocycles. The molecule has 2 aromatic carbocycles. The van der Waals surface area contributed by atoms with E-state index in [0.717, 1.165) is 23.4 Å². The van der Waals surface area contributed by atoms with E-state index in [1.54, 1.807) is 12.5 Å². The van der Waals surface area contributed by atoms with Gasteiger partial charge in [0.2, 0.25) is 0 Å². The summed E-state index contributed by atoms with van der Waals surface area (Å²) in [5.74, 6) is 0.845. The molecule has 0 bridgehead atoms. The normalized spacial score (nSPS) is 10.1. The van der Waals surface area contributed by atoms with Crippen LogP contribution in [0.4, 0.5) is 0 Å². The van der Waals surface area contributed by atoms with E-state index in [9.17, 15) is 0 Å². The third kappa shape index (κ3) is 3.33. The molecule has 0 N–H and O–H groups in total. The van der Waals surface area contributed by atoms with Crippen LogP contribution in [0.3, 0.4) is 0 Å². The Morgan fingerprint density at radius 1 is 1.00 bits per heavy atom. The van der Waals surface area contributed by atoms with Crippen molar-refractivity contribution in [1.29, 1.82) is 5.26 Å². The Bertz CT molecular complexity index is 754. The maximum atomic E-state index is 8.81. The fourth-order valence-electron chi connectivity index (χ4n) is 2.17. The van der Waals surface area contributed by atoms with Gasteiger partial charge in [0.1, 0.15) is 12.4 Å². The molecule has 1 aromatic heterocycles. The average molecular weight is 289 g/mol. The zero-order valence-corrected chi connectivity index (χ0v) is 12.0. The molecule has 0 fully saturated rings. The molecule has 0 unspecified atom stereocenters. The first-order chi connectivity index (χ1) is 10.8. The highest BCUT2D eigenvalue weighted by Gasteiger charge is 2.00. The summed E-state index contributed by atoms with van der Waals surface area (Å²) >= 11 is 0. The van der Waals surface area contributed by atoms with Crippen LogP contribution in [0.25, 0.3) is 11.1 Å². The van der Waals surface area contributed by atoms with E-state index in [1.807, 2.05) is 59.3 Å². The quantitative estimate of drug-likeness (QED) is 0.722. The number of hydrogen-bond donors (Lipinski definition) is 0. The fourth-order valence-corrected chi connectivity index (χ4v) is 2.17. The number of nitriles is 1. The van der Waals surface area contributed by atoms with E-state index in [0.29, 0.717) is 12.2 Å². The summed E-state index contributed by atoms with van der Waals surface area (Å²) in [5, 5.41) is 8.81. The molecular weight excluding hydrogens is 274 g/mol. The van der Waals surface area contributed by atoms with Gasteiger partial charge in [-0.25, -0.2) is 4.98 Å². The second-order valence-corrected chi connectivity index (χ2v) is 4.86. The highest BCUT2D eigenvalue weighted by atomic mass is 16.5. The molecule has 0 atom stereocenters. The molecule has 0 saturated carbocycles. The Balaban J connectivity index is 1.61. The van der Waals surface area contributed by atoms with E-state index in [4.69, 9.17) is 10.00 Å². The maximum absolute atomic E-state index is 8.81. The first kappa shape index (κ1) is 13.9. The fraction of sp³-hybridized carbons (Fsp3) is 0.111. The van der Waals surface area contributed by atoms with Gasteiger partial charge in [0.25, 0.3) is 0 Å². The minimum Gasteiger partial charge on any atom is -0.492 e. The maximum Gasteiger partial charge on any atom is 0.119 e. The van der Waals surface area contributed by atoms with Crippen LogP contribution < -0.4 is 4.74 Å². The first-order valence-corrected chi connectivity index (χ1v) is 7.04. The summed E-state index contributed by atoms with van der Waals surface area (Å²) in [6, 6.07) is 17.6. The van der Waals surface area contributed by atoms with E-state index in [1.165, 1.54) is 0 Å². The van der Waals surface area contributed by atoms with Crippen molar-refractivity contribution in [3.05, 3.63) is 72.8 Å². The number of imidazole rings is 1. The van der Waals surface area contributed by atoms with E-state index >= 15 is 0 Å². The molecule has 0 aliphatic carbocycles. The van der Waals surface area contributed by atoms with E-state index < -0.39 is 0 Å². The summed E-state index contributed by atoms with van der Waals surface area (Å²) in [7, 11) is 0. The Morgan fingerprint density at radius 2 is 1.68 bits per heavy atom. The van der Waals surface area contributed by atoms with Crippen molar-refractivity contribution < 1.29 is 4.74 Å². The lowest BCUT2D eigenvalue weighted by Gasteiger charge is -2.08. The van der Waals surface area contributed by atoms with Gasteiger partial charge in [-0.1, -0.05) is 24.3 Å². The zero-order valence-electron chi connectivity index (χ0n) is 12.0. The van der Waals surface area contributed by atoms with Gasteiger partial charge in [0.15, 0.2) is 0 Å². The molecule has 22 heavy (non-hydrogen) atoms. The van der Waals surface area contributed by atoms with E-state index in [-0.39, 0.29) is 0 Å². The Hall–Kier alpha value is -3.06. The van der Waals surface area contributed by atoms with Crippen LogP contribution in [-0.4, -0.2) is 16.2 Å². The molecule has 3 rings (SSSR count). The summed E-state index contributed by atoms with van der Waals surface area (Å²) in [6.07, 6.45) is 5.45.